The molecule has 1 aromatic carbocycles. The Bertz CT molecular complexity index is 1020. The van der Waals surface area contributed by atoms with Gasteiger partial charge in [-0.15, -0.1) is 0 Å². The van der Waals surface area contributed by atoms with E-state index in [2.05, 4.69) is 15.3 Å². The first-order valence-electron chi connectivity index (χ1n) is 9.93. The number of nitrogens with zero attached hydrogens (tertiary/aromatic N) is 3. The summed E-state index contributed by atoms with van der Waals surface area (Å²) in [4.78, 5) is 34.6. The van der Waals surface area contributed by atoms with Gasteiger partial charge in [0.25, 0.3) is 11.5 Å². The fourth-order valence-electron chi connectivity index (χ4n) is 3.82. The summed E-state index contributed by atoms with van der Waals surface area (Å²) in [6.45, 7) is 0.447. The molecule has 0 radical (unpaired) electrons. The molecular weight excluding hydrogens is 352 g/mol. The Hall–Kier alpha value is -3.02. The number of aryl methyl sites for hydroxylation is 2. The maximum Gasteiger partial charge on any atom is 0.283 e. The van der Waals surface area contributed by atoms with Crippen molar-refractivity contribution in [3.05, 3.63) is 70.3 Å². The summed E-state index contributed by atoms with van der Waals surface area (Å²) in [5, 5.41) is 3.01. The molecule has 144 valence electrons. The third-order valence-electron chi connectivity index (χ3n) is 5.32. The van der Waals surface area contributed by atoms with Gasteiger partial charge < -0.3 is 5.32 Å². The van der Waals surface area contributed by atoms with Gasteiger partial charge in [-0.3, -0.25) is 14.2 Å². The van der Waals surface area contributed by atoms with Crippen LogP contribution in [0.2, 0.25) is 0 Å². The summed E-state index contributed by atoms with van der Waals surface area (Å²) in [6, 6.07) is 13.7. The molecule has 0 saturated heterocycles. The van der Waals surface area contributed by atoms with E-state index in [1.165, 1.54) is 6.42 Å². The lowest BCUT2D eigenvalue weighted by Gasteiger charge is -2.22. The first-order chi connectivity index (χ1) is 13.7. The Kier molecular flexibility index (Phi) is 5.46. The second-order valence-electron chi connectivity index (χ2n) is 7.31. The highest BCUT2D eigenvalue weighted by Gasteiger charge is 2.22. The molecule has 0 spiro atoms. The van der Waals surface area contributed by atoms with Crippen molar-refractivity contribution in [3.8, 4) is 0 Å². The van der Waals surface area contributed by atoms with E-state index in [1.807, 2.05) is 30.3 Å². The van der Waals surface area contributed by atoms with Gasteiger partial charge >= 0.3 is 0 Å². The molecule has 2 aromatic heterocycles. The zero-order valence-corrected chi connectivity index (χ0v) is 15.8. The molecule has 4 rings (SSSR count). The molecule has 6 nitrogen and oxygen atoms in total. The van der Waals surface area contributed by atoms with Crippen LogP contribution in [0.5, 0.6) is 0 Å². The third kappa shape index (κ3) is 3.96. The average molecular weight is 376 g/mol. The van der Waals surface area contributed by atoms with Crippen LogP contribution in [0.4, 0.5) is 0 Å². The van der Waals surface area contributed by atoms with Crippen LogP contribution < -0.4 is 10.9 Å². The van der Waals surface area contributed by atoms with Gasteiger partial charge in [-0.05, 0) is 37.0 Å². The Balaban J connectivity index is 1.66. The van der Waals surface area contributed by atoms with Crippen molar-refractivity contribution in [2.45, 2.75) is 51.1 Å². The molecule has 0 aliphatic heterocycles. The lowest BCUT2D eigenvalue weighted by molar-refractivity contribution is 0.0920. The number of fused-ring (bicyclic) bond motifs is 1. The van der Waals surface area contributed by atoms with Crippen LogP contribution in [-0.2, 0) is 13.0 Å². The van der Waals surface area contributed by atoms with Crippen molar-refractivity contribution in [2.24, 2.45) is 0 Å². The number of carbonyl (C=O) groups is 1. The number of carbonyl (C=O) groups excluding carboxylic acids is 1. The minimum atomic E-state index is -0.379. The second kappa shape index (κ2) is 8.33. The standard InChI is InChI=1S/C22H24N4O2/c27-21(24-17-10-5-2-6-11-17)19-22(28)26(15-13-16-8-3-1-4-9-16)20-18(25-19)12-7-14-23-20/h1,3-4,7-9,12,14,17H,2,5-6,10-11,13,15H2,(H,24,27). The van der Waals surface area contributed by atoms with E-state index < -0.39 is 0 Å². The van der Waals surface area contributed by atoms with E-state index in [0.717, 1.165) is 31.2 Å². The fraction of sp³-hybridized carbons (Fsp3) is 0.364. The van der Waals surface area contributed by atoms with Crippen LogP contribution in [0, 0.1) is 0 Å². The molecule has 6 heteroatoms. The first kappa shape index (κ1) is 18.3. The number of hydrogen-bond acceptors (Lipinski definition) is 4. The van der Waals surface area contributed by atoms with Crippen molar-refractivity contribution in [3.63, 3.8) is 0 Å². The Morgan fingerprint density at radius 2 is 1.86 bits per heavy atom. The molecule has 28 heavy (non-hydrogen) atoms. The lowest BCUT2D eigenvalue weighted by Crippen LogP contribution is -2.41. The summed E-state index contributed by atoms with van der Waals surface area (Å²) < 4.78 is 1.57. The monoisotopic (exact) mass is 376 g/mol. The van der Waals surface area contributed by atoms with Gasteiger partial charge in [0, 0.05) is 18.8 Å². The highest BCUT2D eigenvalue weighted by Crippen LogP contribution is 2.17. The second-order valence-corrected chi connectivity index (χ2v) is 7.31. The summed E-state index contributed by atoms with van der Waals surface area (Å²) >= 11 is 0. The largest absolute Gasteiger partial charge is 0.348 e. The Labute approximate surface area is 163 Å². The van der Waals surface area contributed by atoms with Crippen LogP contribution in [0.3, 0.4) is 0 Å². The van der Waals surface area contributed by atoms with E-state index in [9.17, 15) is 9.59 Å². The van der Waals surface area contributed by atoms with Gasteiger partial charge in [-0.2, -0.15) is 0 Å². The van der Waals surface area contributed by atoms with Crippen LogP contribution in [0.15, 0.2) is 53.5 Å². The number of pyridine rings is 1. The van der Waals surface area contributed by atoms with E-state index in [1.54, 1.807) is 22.9 Å². The number of hydrogen-bond donors (Lipinski definition) is 1. The average Bonchev–Trinajstić information content (AvgIpc) is 2.74. The van der Waals surface area contributed by atoms with Gasteiger partial charge in [-0.25, -0.2) is 9.97 Å². The van der Waals surface area contributed by atoms with Crippen LogP contribution in [0.1, 0.15) is 48.2 Å². The van der Waals surface area contributed by atoms with Crippen LogP contribution in [0.25, 0.3) is 11.2 Å². The molecule has 1 saturated carbocycles. The summed E-state index contributed by atoms with van der Waals surface area (Å²) in [5.74, 6) is -0.379. The SMILES string of the molecule is O=C(NC1CCCCC1)c1nc2cccnc2n(CCc2ccccc2)c1=O. The lowest BCUT2D eigenvalue weighted by atomic mass is 9.95. The summed E-state index contributed by atoms with van der Waals surface area (Å²) in [7, 11) is 0. The predicted octanol–water partition coefficient (Wildman–Crippen LogP) is 3.10. The molecule has 1 amide bonds. The van der Waals surface area contributed by atoms with Gasteiger partial charge in [-0.1, -0.05) is 49.6 Å². The molecule has 2 heterocycles. The normalized spacial score (nSPS) is 14.9. The highest BCUT2D eigenvalue weighted by molar-refractivity contribution is 5.93. The fourth-order valence-corrected chi connectivity index (χ4v) is 3.82. The zero-order valence-electron chi connectivity index (χ0n) is 15.8. The maximum atomic E-state index is 13.1. The van der Waals surface area contributed by atoms with Crippen molar-refractivity contribution in [1.82, 2.24) is 19.9 Å². The maximum absolute atomic E-state index is 13.1. The quantitative estimate of drug-likeness (QED) is 0.742. The van der Waals surface area contributed by atoms with E-state index in [-0.39, 0.29) is 23.2 Å². The number of amides is 1. The minimum absolute atomic E-state index is 0.0425. The number of nitrogens with one attached hydrogen (secondary N) is 1. The Morgan fingerprint density at radius 1 is 1.07 bits per heavy atom. The van der Waals surface area contributed by atoms with Crippen LogP contribution >= 0.6 is 0 Å². The zero-order chi connectivity index (χ0) is 19.3. The minimum Gasteiger partial charge on any atom is -0.348 e. The third-order valence-corrected chi connectivity index (χ3v) is 5.32. The predicted molar refractivity (Wildman–Crippen MR) is 108 cm³/mol. The molecule has 1 aliphatic rings. The highest BCUT2D eigenvalue weighted by atomic mass is 16.2. The van der Waals surface area contributed by atoms with Crippen LogP contribution in [-0.4, -0.2) is 26.5 Å². The van der Waals surface area contributed by atoms with Gasteiger partial charge in [0.15, 0.2) is 11.3 Å². The van der Waals surface area contributed by atoms with Crippen molar-refractivity contribution in [1.29, 1.82) is 0 Å². The molecule has 0 unspecified atom stereocenters. The molecule has 1 aliphatic carbocycles. The molecule has 0 bridgehead atoms. The van der Waals surface area contributed by atoms with Gasteiger partial charge in [0.05, 0.1) is 0 Å². The molecule has 0 atom stereocenters. The molecule has 3 aromatic rings. The topological polar surface area (TPSA) is 76.9 Å². The number of benzene rings is 1. The summed E-state index contributed by atoms with van der Waals surface area (Å²) in [6.07, 6.45) is 7.68. The smallest absolute Gasteiger partial charge is 0.283 e. The van der Waals surface area contributed by atoms with Crippen molar-refractivity contribution < 1.29 is 4.79 Å². The van der Waals surface area contributed by atoms with Gasteiger partial charge in [0.2, 0.25) is 0 Å². The Morgan fingerprint density at radius 3 is 2.64 bits per heavy atom. The van der Waals surface area contributed by atoms with E-state index in [4.69, 9.17) is 0 Å². The summed E-state index contributed by atoms with van der Waals surface area (Å²) in [5.41, 5.74) is 1.78. The number of rotatable bonds is 5. The first-order valence-corrected chi connectivity index (χ1v) is 9.93. The van der Waals surface area contributed by atoms with Crippen molar-refractivity contribution >= 4 is 17.1 Å². The van der Waals surface area contributed by atoms with E-state index >= 15 is 0 Å². The molecular formula is C22H24N4O2. The van der Waals surface area contributed by atoms with Crippen molar-refractivity contribution in [2.75, 3.05) is 0 Å². The van der Waals surface area contributed by atoms with Gasteiger partial charge in [0.1, 0.15) is 5.52 Å². The number of aromatic nitrogens is 3. The molecule has 1 fully saturated rings. The van der Waals surface area contributed by atoms with E-state index in [0.29, 0.717) is 24.1 Å². The molecule has 1 N–H and O–H groups in total.